The van der Waals surface area contributed by atoms with Crippen LogP contribution in [0.3, 0.4) is 0 Å². The van der Waals surface area contributed by atoms with E-state index in [0.717, 1.165) is 17.0 Å². The molecule has 0 N–H and O–H groups in total. The van der Waals surface area contributed by atoms with Crippen molar-refractivity contribution in [3.63, 3.8) is 0 Å². The lowest BCUT2D eigenvalue weighted by molar-refractivity contribution is 0.614. The van der Waals surface area contributed by atoms with Crippen LogP contribution in [0, 0.1) is 0 Å². The number of hydrogen-bond acceptors (Lipinski definition) is 2. The molecular formula is C19H30N3P. The summed E-state index contributed by atoms with van der Waals surface area (Å²) in [6.07, 6.45) is 0. The van der Waals surface area contributed by atoms with Crippen molar-refractivity contribution in [2.45, 2.75) is 71.7 Å². The molecule has 2 rings (SSSR count). The van der Waals surface area contributed by atoms with Crippen molar-refractivity contribution in [3.8, 4) is 11.4 Å². The van der Waals surface area contributed by atoms with Gasteiger partial charge < -0.3 is 4.57 Å². The van der Waals surface area contributed by atoms with Gasteiger partial charge in [-0.15, -0.1) is 10.2 Å². The van der Waals surface area contributed by atoms with Crippen LogP contribution >= 0.6 is 7.92 Å². The molecule has 0 bridgehead atoms. The van der Waals surface area contributed by atoms with Crippen LogP contribution < -0.4 is 5.57 Å². The molecule has 1 heterocycles. The van der Waals surface area contributed by atoms with Gasteiger partial charge in [-0.05, 0) is 32.1 Å². The fourth-order valence-electron chi connectivity index (χ4n) is 3.30. The van der Waals surface area contributed by atoms with E-state index in [-0.39, 0.29) is 10.3 Å². The second-order valence-electron chi connectivity index (χ2n) is 8.33. The number of rotatable bonds is 3. The first-order chi connectivity index (χ1) is 10.5. The lowest BCUT2D eigenvalue weighted by atomic mass is 10.2. The SMILES string of the molecule is CC(C)n1c(-c2ccccc2)nnc1P(C(C)(C)C)C(C)(C)C. The third kappa shape index (κ3) is 3.83. The van der Waals surface area contributed by atoms with Crippen molar-refractivity contribution < 1.29 is 0 Å². The molecule has 0 atom stereocenters. The fraction of sp³-hybridized carbons (Fsp3) is 0.579. The Bertz CT molecular complexity index is 631. The Morgan fingerprint density at radius 1 is 0.870 bits per heavy atom. The third-order valence-corrected chi connectivity index (χ3v) is 7.16. The molecule has 0 aliphatic rings. The van der Waals surface area contributed by atoms with Gasteiger partial charge in [0.15, 0.2) is 11.4 Å². The van der Waals surface area contributed by atoms with E-state index in [1.807, 2.05) is 6.07 Å². The lowest BCUT2D eigenvalue weighted by Gasteiger charge is -2.40. The number of aromatic nitrogens is 3. The molecule has 0 spiro atoms. The molecule has 23 heavy (non-hydrogen) atoms. The molecular weight excluding hydrogens is 301 g/mol. The van der Waals surface area contributed by atoms with Crippen LogP contribution in [0.25, 0.3) is 11.4 Å². The van der Waals surface area contributed by atoms with E-state index in [4.69, 9.17) is 0 Å². The van der Waals surface area contributed by atoms with Gasteiger partial charge in [-0.1, -0.05) is 71.9 Å². The van der Waals surface area contributed by atoms with Gasteiger partial charge in [0.1, 0.15) is 0 Å². The minimum absolute atomic E-state index is 0.182. The maximum atomic E-state index is 4.69. The zero-order valence-corrected chi connectivity index (χ0v) is 16.6. The fourth-order valence-corrected chi connectivity index (χ4v) is 7.19. The van der Waals surface area contributed by atoms with Gasteiger partial charge in [-0.3, -0.25) is 0 Å². The number of benzene rings is 1. The van der Waals surface area contributed by atoms with Gasteiger partial charge >= 0.3 is 0 Å². The summed E-state index contributed by atoms with van der Waals surface area (Å²) in [7, 11) is -0.471. The van der Waals surface area contributed by atoms with E-state index in [9.17, 15) is 0 Å². The molecule has 0 saturated carbocycles. The molecule has 126 valence electrons. The lowest BCUT2D eigenvalue weighted by Crippen LogP contribution is -2.36. The predicted molar refractivity (Wildman–Crippen MR) is 102 cm³/mol. The van der Waals surface area contributed by atoms with Crippen molar-refractivity contribution >= 4 is 13.5 Å². The molecule has 2 aromatic rings. The van der Waals surface area contributed by atoms with Gasteiger partial charge in [0, 0.05) is 11.6 Å². The van der Waals surface area contributed by atoms with E-state index in [2.05, 4.69) is 94.4 Å². The van der Waals surface area contributed by atoms with Crippen molar-refractivity contribution in [2.75, 3.05) is 0 Å². The van der Waals surface area contributed by atoms with Crippen LogP contribution in [0.2, 0.25) is 0 Å². The van der Waals surface area contributed by atoms with Crippen molar-refractivity contribution in [1.29, 1.82) is 0 Å². The first-order valence-electron chi connectivity index (χ1n) is 8.34. The van der Waals surface area contributed by atoms with Crippen LogP contribution in [0.15, 0.2) is 30.3 Å². The second kappa shape index (κ2) is 6.36. The topological polar surface area (TPSA) is 30.7 Å². The van der Waals surface area contributed by atoms with Gasteiger partial charge in [-0.25, -0.2) is 0 Å². The molecule has 0 aliphatic heterocycles. The van der Waals surface area contributed by atoms with Crippen LogP contribution in [0.5, 0.6) is 0 Å². The quantitative estimate of drug-likeness (QED) is 0.721. The summed E-state index contributed by atoms with van der Waals surface area (Å²) in [5.74, 6) is 0.983. The molecule has 0 amide bonds. The van der Waals surface area contributed by atoms with Gasteiger partial charge in [-0.2, -0.15) is 0 Å². The van der Waals surface area contributed by atoms with Gasteiger partial charge in [0.2, 0.25) is 0 Å². The zero-order chi connectivity index (χ0) is 17.4. The summed E-state index contributed by atoms with van der Waals surface area (Å²) in [5, 5.41) is 9.64. The Hall–Kier alpha value is -1.21. The molecule has 1 aromatic carbocycles. The molecule has 1 aromatic heterocycles. The minimum Gasteiger partial charge on any atom is -0.305 e. The van der Waals surface area contributed by atoms with E-state index in [0.29, 0.717) is 6.04 Å². The summed E-state index contributed by atoms with van der Waals surface area (Å²) in [5.41, 5.74) is 2.30. The molecule has 3 nitrogen and oxygen atoms in total. The van der Waals surface area contributed by atoms with E-state index in [1.54, 1.807) is 0 Å². The monoisotopic (exact) mass is 331 g/mol. The van der Waals surface area contributed by atoms with Gasteiger partial charge in [0.25, 0.3) is 0 Å². The number of hydrogen-bond donors (Lipinski definition) is 0. The minimum atomic E-state index is -0.471. The Balaban J connectivity index is 2.66. The van der Waals surface area contributed by atoms with Crippen LogP contribution in [0.4, 0.5) is 0 Å². The Kier molecular flexibility index (Phi) is 5.01. The standard InChI is InChI=1S/C19H30N3P/c1-14(2)22-16(15-12-10-9-11-13-15)20-21-17(22)23(18(3,4)5)19(6,7)8/h9-14H,1-8H3. The highest BCUT2D eigenvalue weighted by molar-refractivity contribution is 7.68. The average Bonchev–Trinajstić information content (AvgIpc) is 2.80. The van der Waals surface area contributed by atoms with Gasteiger partial charge in [0.05, 0.1) is 0 Å². The molecule has 4 heteroatoms. The van der Waals surface area contributed by atoms with Crippen molar-refractivity contribution in [1.82, 2.24) is 14.8 Å². The smallest absolute Gasteiger partial charge is 0.164 e. The highest BCUT2D eigenvalue weighted by Gasteiger charge is 2.40. The van der Waals surface area contributed by atoms with Crippen LogP contribution in [0.1, 0.15) is 61.4 Å². The highest BCUT2D eigenvalue weighted by atomic mass is 31.1. The summed E-state index contributed by atoms with van der Waals surface area (Å²) in [6.45, 7) is 18.4. The van der Waals surface area contributed by atoms with Crippen molar-refractivity contribution in [3.05, 3.63) is 30.3 Å². The van der Waals surface area contributed by atoms with Crippen LogP contribution in [-0.2, 0) is 0 Å². The maximum absolute atomic E-state index is 4.69. The van der Waals surface area contributed by atoms with Crippen molar-refractivity contribution in [2.24, 2.45) is 0 Å². The maximum Gasteiger partial charge on any atom is 0.164 e. The summed E-state index contributed by atoms with van der Waals surface area (Å²) < 4.78 is 2.34. The Morgan fingerprint density at radius 2 is 1.39 bits per heavy atom. The Morgan fingerprint density at radius 3 is 1.83 bits per heavy atom. The molecule has 0 fully saturated rings. The molecule has 0 aliphatic carbocycles. The average molecular weight is 331 g/mol. The normalized spacial score (nSPS) is 13.1. The summed E-state index contributed by atoms with van der Waals surface area (Å²) in [6, 6.07) is 10.7. The molecule has 0 unspecified atom stereocenters. The molecule has 0 saturated heterocycles. The number of nitrogens with zero attached hydrogens (tertiary/aromatic N) is 3. The largest absolute Gasteiger partial charge is 0.305 e. The third-order valence-electron chi connectivity index (χ3n) is 3.77. The van der Waals surface area contributed by atoms with E-state index >= 15 is 0 Å². The Labute approximate surface area is 142 Å². The zero-order valence-electron chi connectivity index (χ0n) is 15.8. The van der Waals surface area contributed by atoms with E-state index < -0.39 is 7.92 Å². The van der Waals surface area contributed by atoms with E-state index in [1.165, 1.54) is 0 Å². The summed E-state index contributed by atoms with van der Waals surface area (Å²) in [4.78, 5) is 0. The first kappa shape index (κ1) is 18.1. The first-order valence-corrected chi connectivity index (χ1v) is 9.68. The van der Waals surface area contributed by atoms with Crippen LogP contribution in [-0.4, -0.2) is 25.1 Å². The molecule has 0 radical (unpaired) electrons. The summed E-state index contributed by atoms with van der Waals surface area (Å²) >= 11 is 0. The highest BCUT2D eigenvalue weighted by Crippen LogP contribution is 2.58. The second-order valence-corrected chi connectivity index (χ2v) is 12.1. The predicted octanol–water partition coefficient (Wildman–Crippen LogP) is 5.23.